The Labute approximate surface area is 135 Å². The van der Waals surface area contributed by atoms with Crippen molar-refractivity contribution in [2.24, 2.45) is 4.99 Å². The number of hydrogen-bond donors (Lipinski definition) is 2. The highest BCUT2D eigenvalue weighted by Gasteiger charge is 2.21. The predicted octanol–water partition coefficient (Wildman–Crippen LogP) is 3.49. The average molecular weight is 322 g/mol. The maximum Gasteiger partial charge on any atom is 0.191 e. The van der Waals surface area contributed by atoms with Gasteiger partial charge in [-0.05, 0) is 29.3 Å². The summed E-state index contributed by atoms with van der Waals surface area (Å²) in [6, 6.07) is 8.56. The van der Waals surface area contributed by atoms with E-state index in [-0.39, 0.29) is 5.41 Å². The Morgan fingerprint density at radius 1 is 1.14 bits per heavy atom. The summed E-state index contributed by atoms with van der Waals surface area (Å²) in [6.07, 6.45) is 1.03. The minimum Gasteiger partial charge on any atom is -0.356 e. The van der Waals surface area contributed by atoms with Crippen molar-refractivity contribution in [3.05, 3.63) is 44.8 Å². The SMILES string of the molecule is CN=C(NCCc1cccs1)NCC(C)(C)c1cccs1. The fourth-order valence-corrected chi connectivity index (χ4v) is 3.60. The van der Waals surface area contributed by atoms with Gasteiger partial charge in [0.2, 0.25) is 0 Å². The van der Waals surface area contributed by atoms with E-state index in [1.807, 2.05) is 7.05 Å². The zero-order chi connectivity index (χ0) is 15.1. The molecular weight excluding hydrogens is 298 g/mol. The Morgan fingerprint density at radius 3 is 2.52 bits per heavy atom. The lowest BCUT2D eigenvalue weighted by atomic mass is 9.91. The van der Waals surface area contributed by atoms with Crippen molar-refractivity contribution < 1.29 is 0 Å². The van der Waals surface area contributed by atoms with Gasteiger partial charge in [-0.3, -0.25) is 4.99 Å². The van der Waals surface area contributed by atoms with Gasteiger partial charge in [-0.15, -0.1) is 22.7 Å². The van der Waals surface area contributed by atoms with E-state index >= 15 is 0 Å². The number of nitrogens with zero attached hydrogens (tertiary/aromatic N) is 1. The lowest BCUT2D eigenvalue weighted by Crippen LogP contribution is -2.43. The number of hydrogen-bond acceptors (Lipinski definition) is 3. The highest BCUT2D eigenvalue weighted by molar-refractivity contribution is 7.10. The largest absolute Gasteiger partial charge is 0.356 e. The zero-order valence-corrected chi connectivity index (χ0v) is 14.5. The highest BCUT2D eigenvalue weighted by atomic mass is 32.1. The molecule has 2 heterocycles. The van der Waals surface area contributed by atoms with E-state index in [1.165, 1.54) is 9.75 Å². The minimum atomic E-state index is 0.111. The summed E-state index contributed by atoms with van der Waals surface area (Å²) >= 11 is 3.61. The van der Waals surface area contributed by atoms with Gasteiger partial charge in [0.25, 0.3) is 0 Å². The first-order chi connectivity index (χ1) is 10.1. The van der Waals surface area contributed by atoms with Crippen LogP contribution in [0.5, 0.6) is 0 Å². The number of rotatable bonds is 6. The highest BCUT2D eigenvalue weighted by Crippen LogP contribution is 2.26. The second-order valence-corrected chi connectivity index (χ2v) is 7.52. The molecule has 0 bridgehead atoms. The smallest absolute Gasteiger partial charge is 0.191 e. The quantitative estimate of drug-likeness (QED) is 0.631. The second kappa shape index (κ2) is 7.61. The zero-order valence-electron chi connectivity index (χ0n) is 12.8. The molecular formula is C16H23N3S2. The van der Waals surface area contributed by atoms with Crippen LogP contribution in [-0.2, 0) is 11.8 Å². The summed E-state index contributed by atoms with van der Waals surface area (Å²) in [4.78, 5) is 7.09. The normalized spacial score (nSPS) is 12.4. The fourth-order valence-electron chi connectivity index (χ4n) is 2.04. The van der Waals surface area contributed by atoms with Crippen molar-refractivity contribution in [3.8, 4) is 0 Å². The molecule has 2 aromatic heterocycles. The van der Waals surface area contributed by atoms with Crippen LogP contribution in [0.25, 0.3) is 0 Å². The van der Waals surface area contributed by atoms with Gasteiger partial charge < -0.3 is 10.6 Å². The van der Waals surface area contributed by atoms with Crippen molar-refractivity contribution in [2.75, 3.05) is 20.1 Å². The topological polar surface area (TPSA) is 36.4 Å². The molecule has 0 aromatic carbocycles. The summed E-state index contributed by atoms with van der Waals surface area (Å²) < 4.78 is 0. The molecule has 3 nitrogen and oxygen atoms in total. The van der Waals surface area contributed by atoms with Crippen LogP contribution in [-0.4, -0.2) is 26.1 Å². The molecule has 0 aliphatic heterocycles. The molecule has 0 aliphatic rings. The van der Waals surface area contributed by atoms with Crippen molar-refractivity contribution >= 4 is 28.6 Å². The molecule has 0 spiro atoms. The second-order valence-electron chi connectivity index (χ2n) is 5.54. The van der Waals surface area contributed by atoms with Gasteiger partial charge in [0.1, 0.15) is 0 Å². The van der Waals surface area contributed by atoms with Gasteiger partial charge in [-0.25, -0.2) is 0 Å². The van der Waals surface area contributed by atoms with Crippen LogP contribution in [0.2, 0.25) is 0 Å². The molecule has 2 rings (SSSR count). The van der Waals surface area contributed by atoms with Gasteiger partial charge in [0, 0.05) is 35.3 Å². The summed E-state index contributed by atoms with van der Waals surface area (Å²) in [5, 5.41) is 11.0. The van der Waals surface area contributed by atoms with Crippen LogP contribution in [0.4, 0.5) is 0 Å². The van der Waals surface area contributed by atoms with E-state index in [0.717, 1.165) is 25.5 Å². The summed E-state index contributed by atoms with van der Waals surface area (Å²) in [5.74, 6) is 0.871. The first-order valence-corrected chi connectivity index (χ1v) is 8.88. The van der Waals surface area contributed by atoms with Crippen LogP contribution in [0, 0.1) is 0 Å². The third kappa shape index (κ3) is 4.86. The molecule has 21 heavy (non-hydrogen) atoms. The number of aliphatic imine (C=N–C) groups is 1. The lowest BCUT2D eigenvalue weighted by molar-refractivity contribution is 0.518. The van der Waals surface area contributed by atoms with Crippen LogP contribution in [0.15, 0.2) is 40.0 Å². The van der Waals surface area contributed by atoms with Crippen molar-refractivity contribution in [3.63, 3.8) is 0 Å². The molecule has 114 valence electrons. The van der Waals surface area contributed by atoms with Gasteiger partial charge in [0.15, 0.2) is 5.96 Å². The van der Waals surface area contributed by atoms with E-state index in [0.29, 0.717) is 0 Å². The van der Waals surface area contributed by atoms with E-state index in [4.69, 9.17) is 0 Å². The Bertz CT molecular complexity index is 542. The third-order valence-electron chi connectivity index (χ3n) is 3.35. The van der Waals surface area contributed by atoms with E-state index in [9.17, 15) is 0 Å². The van der Waals surface area contributed by atoms with Gasteiger partial charge in [-0.1, -0.05) is 26.0 Å². The Morgan fingerprint density at radius 2 is 1.90 bits per heavy atom. The molecule has 5 heteroatoms. The van der Waals surface area contributed by atoms with Gasteiger partial charge in [-0.2, -0.15) is 0 Å². The monoisotopic (exact) mass is 321 g/mol. The molecule has 0 unspecified atom stereocenters. The summed E-state index contributed by atoms with van der Waals surface area (Å²) in [5.41, 5.74) is 0.111. The van der Waals surface area contributed by atoms with Crippen molar-refractivity contribution in [2.45, 2.75) is 25.7 Å². The van der Waals surface area contributed by atoms with Gasteiger partial charge >= 0.3 is 0 Å². The third-order valence-corrected chi connectivity index (χ3v) is 5.53. The Balaban J connectivity index is 1.77. The van der Waals surface area contributed by atoms with Crippen molar-refractivity contribution in [1.29, 1.82) is 0 Å². The lowest BCUT2D eigenvalue weighted by Gasteiger charge is -2.25. The maximum absolute atomic E-state index is 4.29. The standard InChI is InChI=1S/C16H23N3S2/c1-16(2,14-7-5-11-21-14)12-19-15(17-3)18-9-8-13-6-4-10-20-13/h4-7,10-11H,8-9,12H2,1-3H3,(H2,17,18,19). The first kappa shape index (κ1) is 16.0. The molecule has 0 saturated carbocycles. The number of thiophene rings is 2. The first-order valence-electron chi connectivity index (χ1n) is 7.13. The average Bonchev–Trinajstić information content (AvgIpc) is 3.15. The number of nitrogens with one attached hydrogen (secondary N) is 2. The maximum atomic E-state index is 4.29. The fraction of sp³-hybridized carbons (Fsp3) is 0.438. The molecule has 0 aliphatic carbocycles. The van der Waals surface area contributed by atoms with Crippen LogP contribution >= 0.6 is 22.7 Å². The van der Waals surface area contributed by atoms with Crippen molar-refractivity contribution in [1.82, 2.24) is 10.6 Å². The molecule has 0 fully saturated rings. The molecule has 2 aromatic rings. The Kier molecular flexibility index (Phi) is 5.82. The molecule has 2 N–H and O–H groups in total. The summed E-state index contributed by atoms with van der Waals surface area (Å²) in [7, 11) is 1.82. The van der Waals surface area contributed by atoms with E-state index in [2.05, 4.69) is 64.5 Å². The molecule has 0 amide bonds. The predicted molar refractivity (Wildman–Crippen MR) is 94.7 cm³/mol. The molecule has 0 atom stereocenters. The molecule has 0 radical (unpaired) electrons. The molecule has 0 saturated heterocycles. The van der Waals surface area contributed by atoms with E-state index in [1.54, 1.807) is 22.7 Å². The summed E-state index contributed by atoms with van der Waals surface area (Å²) in [6.45, 7) is 6.28. The number of guanidine groups is 1. The van der Waals surface area contributed by atoms with Crippen LogP contribution < -0.4 is 10.6 Å². The Hall–Kier alpha value is -1.33. The van der Waals surface area contributed by atoms with Gasteiger partial charge in [0.05, 0.1) is 0 Å². The van der Waals surface area contributed by atoms with E-state index < -0.39 is 0 Å². The van der Waals surface area contributed by atoms with Crippen LogP contribution in [0.3, 0.4) is 0 Å². The van der Waals surface area contributed by atoms with Crippen LogP contribution in [0.1, 0.15) is 23.6 Å². The minimum absolute atomic E-state index is 0.111.